The van der Waals surface area contributed by atoms with Crippen molar-refractivity contribution in [1.29, 1.82) is 0 Å². The Morgan fingerprint density at radius 3 is 2.50 bits per heavy atom. The molecule has 20 heavy (non-hydrogen) atoms. The van der Waals surface area contributed by atoms with Crippen LogP contribution < -0.4 is 5.32 Å². The summed E-state index contributed by atoms with van der Waals surface area (Å²) in [4.78, 5) is 2.34. The number of anilines is 2. The van der Waals surface area contributed by atoms with Crippen molar-refractivity contribution in [2.45, 2.75) is 0 Å². The van der Waals surface area contributed by atoms with Crippen molar-refractivity contribution in [3.8, 4) is 0 Å². The molecule has 0 fully saturated rings. The van der Waals surface area contributed by atoms with Crippen LogP contribution in [0.4, 0.5) is 11.4 Å². The molecule has 2 aliphatic heterocycles. The molecule has 0 unspecified atom stereocenters. The second kappa shape index (κ2) is 4.37. The van der Waals surface area contributed by atoms with Gasteiger partial charge in [0.15, 0.2) is 0 Å². The van der Waals surface area contributed by atoms with Gasteiger partial charge in [-0.25, -0.2) is 0 Å². The Morgan fingerprint density at radius 2 is 1.65 bits per heavy atom. The number of para-hydroxylation sites is 1. The highest BCUT2D eigenvalue weighted by Crippen LogP contribution is 2.43. The molecule has 2 heterocycles. The van der Waals surface area contributed by atoms with E-state index in [-0.39, 0.29) is 0 Å². The second-order valence-electron chi connectivity index (χ2n) is 5.49. The van der Waals surface area contributed by atoms with Gasteiger partial charge in [0.2, 0.25) is 0 Å². The zero-order valence-electron chi connectivity index (χ0n) is 11.3. The summed E-state index contributed by atoms with van der Waals surface area (Å²) in [6, 6.07) is 14.6. The lowest BCUT2D eigenvalue weighted by Gasteiger charge is -2.15. The molecule has 0 spiro atoms. The van der Waals surface area contributed by atoms with Gasteiger partial charge < -0.3 is 5.32 Å². The Morgan fingerprint density at radius 1 is 0.950 bits per heavy atom. The highest BCUT2D eigenvalue weighted by atomic mass is 35.5. The van der Waals surface area contributed by atoms with Crippen molar-refractivity contribution in [3.63, 3.8) is 0 Å². The summed E-state index contributed by atoms with van der Waals surface area (Å²) < 4.78 is 0. The molecule has 100 valence electrons. The molecule has 0 bridgehead atoms. The summed E-state index contributed by atoms with van der Waals surface area (Å²) in [7, 11) is 2.16. The summed E-state index contributed by atoms with van der Waals surface area (Å²) in [5.74, 6) is 0. The van der Waals surface area contributed by atoms with Gasteiger partial charge in [-0.2, -0.15) is 0 Å². The van der Waals surface area contributed by atoms with Crippen LogP contribution in [-0.4, -0.2) is 25.0 Å². The predicted octanol–water partition coefficient (Wildman–Crippen LogP) is 4.25. The number of benzene rings is 2. The van der Waals surface area contributed by atoms with Crippen molar-refractivity contribution in [2.75, 3.05) is 25.5 Å². The molecule has 2 aliphatic rings. The molecular formula is C17H15ClN2. The van der Waals surface area contributed by atoms with Gasteiger partial charge in [0.25, 0.3) is 0 Å². The van der Waals surface area contributed by atoms with Crippen LogP contribution in [0.15, 0.2) is 42.5 Å². The lowest BCUT2D eigenvalue weighted by Crippen LogP contribution is -2.15. The number of nitrogens with zero attached hydrogens (tertiary/aromatic N) is 1. The smallest absolute Gasteiger partial charge is 0.0462 e. The van der Waals surface area contributed by atoms with Crippen LogP contribution in [0.1, 0.15) is 11.1 Å². The van der Waals surface area contributed by atoms with Crippen molar-refractivity contribution in [1.82, 2.24) is 4.90 Å². The normalized spacial score (nSPS) is 17.1. The van der Waals surface area contributed by atoms with Crippen LogP contribution >= 0.6 is 11.6 Å². The lowest BCUT2D eigenvalue weighted by atomic mass is 9.97. The quantitative estimate of drug-likeness (QED) is 0.777. The summed E-state index contributed by atoms with van der Waals surface area (Å²) >= 11 is 6.20. The second-order valence-corrected chi connectivity index (χ2v) is 5.93. The molecule has 2 nitrogen and oxygen atoms in total. The lowest BCUT2D eigenvalue weighted by molar-refractivity contribution is 0.442. The van der Waals surface area contributed by atoms with Gasteiger partial charge in [-0.05, 0) is 42.5 Å². The van der Waals surface area contributed by atoms with Gasteiger partial charge in [0, 0.05) is 40.6 Å². The monoisotopic (exact) mass is 282 g/mol. The number of rotatable bonds is 0. The maximum Gasteiger partial charge on any atom is 0.0462 e. The number of hydrogen-bond acceptors (Lipinski definition) is 2. The predicted molar refractivity (Wildman–Crippen MR) is 85.5 cm³/mol. The van der Waals surface area contributed by atoms with E-state index in [2.05, 4.69) is 53.7 Å². The highest BCUT2D eigenvalue weighted by molar-refractivity contribution is 6.31. The minimum absolute atomic E-state index is 0.790. The SMILES string of the molecule is CN1CC2=C(C1)c1cc(Cl)ccc1Nc1ccccc12. The fourth-order valence-corrected chi connectivity index (χ4v) is 3.33. The van der Waals surface area contributed by atoms with Crippen molar-refractivity contribution >= 4 is 34.1 Å². The van der Waals surface area contributed by atoms with E-state index in [0.717, 1.165) is 23.8 Å². The third-order valence-corrected chi connectivity index (χ3v) is 4.28. The molecule has 2 aromatic rings. The number of likely N-dealkylation sites (N-methyl/N-ethyl adjacent to an activating group) is 1. The Bertz CT molecular complexity index is 734. The average Bonchev–Trinajstić information content (AvgIpc) is 2.78. The van der Waals surface area contributed by atoms with E-state index in [0.29, 0.717) is 0 Å². The maximum atomic E-state index is 6.20. The zero-order valence-corrected chi connectivity index (χ0v) is 12.0. The van der Waals surface area contributed by atoms with E-state index in [4.69, 9.17) is 11.6 Å². The number of fused-ring (bicyclic) bond motifs is 4. The fourth-order valence-electron chi connectivity index (χ4n) is 3.16. The van der Waals surface area contributed by atoms with Gasteiger partial charge in [0.05, 0.1) is 0 Å². The van der Waals surface area contributed by atoms with Gasteiger partial charge in [0.1, 0.15) is 0 Å². The molecule has 2 aromatic carbocycles. The molecule has 0 saturated heterocycles. The first-order valence-corrected chi connectivity index (χ1v) is 7.17. The van der Waals surface area contributed by atoms with Gasteiger partial charge >= 0.3 is 0 Å². The first kappa shape index (κ1) is 12.0. The molecule has 0 aromatic heterocycles. The molecule has 0 atom stereocenters. The van der Waals surface area contributed by atoms with Crippen LogP contribution in [0.3, 0.4) is 0 Å². The number of nitrogens with one attached hydrogen (secondary N) is 1. The van der Waals surface area contributed by atoms with Crippen LogP contribution in [0.5, 0.6) is 0 Å². The number of halogens is 1. The molecule has 0 saturated carbocycles. The molecular weight excluding hydrogens is 268 g/mol. The molecule has 1 N–H and O–H groups in total. The van der Waals surface area contributed by atoms with Gasteiger partial charge in [-0.1, -0.05) is 29.8 Å². The molecule has 0 amide bonds. The zero-order chi connectivity index (χ0) is 13.7. The third kappa shape index (κ3) is 1.76. The average molecular weight is 283 g/mol. The Balaban J connectivity index is 2.02. The molecule has 0 aliphatic carbocycles. The van der Waals surface area contributed by atoms with Crippen LogP contribution in [0.2, 0.25) is 5.02 Å². The minimum atomic E-state index is 0.790. The molecule has 0 radical (unpaired) electrons. The van der Waals surface area contributed by atoms with E-state index < -0.39 is 0 Å². The van der Waals surface area contributed by atoms with E-state index >= 15 is 0 Å². The van der Waals surface area contributed by atoms with Gasteiger partial charge in [-0.15, -0.1) is 0 Å². The van der Waals surface area contributed by atoms with E-state index in [1.54, 1.807) is 0 Å². The van der Waals surface area contributed by atoms with Crippen LogP contribution in [0.25, 0.3) is 11.1 Å². The van der Waals surface area contributed by atoms with Crippen molar-refractivity contribution in [3.05, 3.63) is 58.6 Å². The number of hydrogen-bond donors (Lipinski definition) is 1. The third-order valence-electron chi connectivity index (χ3n) is 4.05. The van der Waals surface area contributed by atoms with Crippen LogP contribution in [-0.2, 0) is 0 Å². The first-order valence-electron chi connectivity index (χ1n) is 6.79. The minimum Gasteiger partial charge on any atom is -0.355 e. The molecule has 3 heteroatoms. The standard InChI is InChI=1S/C17H15ClN2/c1-20-9-14-12-4-2-3-5-16(12)19-17-7-6-11(18)8-13(17)15(14)10-20/h2-8,19H,9-10H2,1H3. The van der Waals surface area contributed by atoms with E-state index in [1.807, 2.05) is 6.07 Å². The van der Waals surface area contributed by atoms with Crippen molar-refractivity contribution < 1.29 is 0 Å². The Hall–Kier alpha value is -1.77. The van der Waals surface area contributed by atoms with Crippen molar-refractivity contribution in [2.24, 2.45) is 0 Å². The first-order chi connectivity index (χ1) is 9.72. The van der Waals surface area contributed by atoms with E-state index in [1.165, 1.54) is 28.0 Å². The summed E-state index contributed by atoms with van der Waals surface area (Å²) in [6.07, 6.45) is 0. The summed E-state index contributed by atoms with van der Waals surface area (Å²) in [5, 5.41) is 4.34. The maximum absolute atomic E-state index is 6.20. The largest absolute Gasteiger partial charge is 0.355 e. The fraction of sp³-hybridized carbons (Fsp3) is 0.176. The summed E-state index contributed by atoms with van der Waals surface area (Å²) in [5.41, 5.74) is 7.66. The molecule has 4 rings (SSSR count). The Labute approximate surface area is 123 Å². The Kier molecular flexibility index (Phi) is 2.62. The topological polar surface area (TPSA) is 15.3 Å². The highest BCUT2D eigenvalue weighted by Gasteiger charge is 2.27. The van der Waals surface area contributed by atoms with Gasteiger partial charge in [-0.3, -0.25) is 4.90 Å². The van der Waals surface area contributed by atoms with E-state index in [9.17, 15) is 0 Å². The van der Waals surface area contributed by atoms with Crippen LogP contribution in [0, 0.1) is 0 Å². The summed E-state index contributed by atoms with van der Waals surface area (Å²) in [6.45, 7) is 1.96.